The lowest BCUT2D eigenvalue weighted by Crippen LogP contribution is -2.39. The third-order valence-corrected chi connectivity index (χ3v) is 4.19. The molecule has 0 aromatic heterocycles. The van der Waals surface area contributed by atoms with Gasteiger partial charge in [0.15, 0.2) is 0 Å². The number of rotatable bonds is 4. The fourth-order valence-electron chi connectivity index (χ4n) is 2.92. The molecule has 1 unspecified atom stereocenters. The molecule has 0 spiro atoms. The van der Waals surface area contributed by atoms with E-state index in [1.807, 2.05) is 4.90 Å². The Bertz CT molecular complexity index is 537. The van der Waals surface area contributed by atoms with E-state index >= 15 is 0 Å². The van der Waals surface area contributed by atoms with E-state index in [1.54, 1.807) is 24.3 Å². The van der Waals surface area contributed by atoms with E-state index in [2.05, 4.69) is 18.8 Å². The van der Waals surface area contributed by atoms with Crippen LogP contribution in [0.1, 0.15) is 49.4 Å². The minimum absolute atomic E-state index is 0.0929. The summed E-state index contributed by atoms with van der Waals surface area (Å²) >= 11 is 0. The van der Waals surface area contributed by atoms with Crippen molar-refractivity contribution in [2.75, 3.05) is 11.9 Å². The number of carbonyl (C=O) groups is 2. The van der Waals surface area contributed by atoms with E-state index in [-0.39, 0.29) is 11.8 Å². The summed E-state index contributed by atoms with van der Waals surface area (Å²) in [5.74, 6) is -0.159. The zero-order chi connectivity index (χ0) is 15.9. The van der Waals surface area contributed by atoms with Crippen molar-refractivity contribution >= 4 is 17.5 Å². The summed E-state index contributed by atoms with van der Waals surface area (Å²) in [6.45, 7) is 6.40. The number of nitrogens with one attached hydrogen (secondary N) is 1. The molecule has 118 valence electrons. The average Bonchev–Trinajstić information content (AvgIpc) is 2.80. The monoisotopic (exact) mass is 300 g/mol. The second kappa shape index (κ2) is 7.78. The van der Waals surface area contributed by atoms with Crippen LogP contribution in [0, 0.1) is 0 Å². The van der Waals surface area contributed by atoms with Gasteiger partial charge in [-0.15, -0.1) is 0 Å². The normalized spacial score (nSPS) is 18.4. The van der Waals surface area contributed by atoms with E-state index in [0.717, 1.165) is 25.8 Å². The molecule has 0 saturated carbocycles. The van der Waals surface area contributed by atoms with Gasteiger partial charge in [0.05, 0.1) is 0 Å². The zero-order valence-corrected chi connectivity index (χ0v) is 13.2. The highest BCUT2D eigenvalue weighted by Crippen LogP contribution is 2.22. The first-order valence-corrected chi connectivity index (χ1v) is 8.00. The van der Waals surface area contributed by atoms with Gasteiger partial charge in [0.1, 0.15) is 0 Å². The Hall–Kier alpha value is -2.10. The Morgan fingerprint density at radius 3 is 2.64 bits per heavy atom. The Kier molecular flexibility index (Phi) is 5.75. The summed E-state index contributed by atoms with van der Waals surface area (Å²) in [5, 5.41) is 2.69. The molecule has 0 aliphatic carbocycles. The molecule has 2 amide bonds. The second-order valence-electron chi connectivity index (χ2n) is 5.68. The van der Waals surface area contributed by atoms with Crippen LogP contribution in [0.15, 0.2) is 36.9 Å². The molecule has 1 N–H and O–H groups in total. The number of hydrogen-bond acceptors (Lipinski definition) is 2. The van der Waals surface area contributed by atoms with Crippen LogP contribution in [0.5, 0.6) is 0 Å². The molecule has 1 fully saturated rings. The molecule has 4 nitrogen and oxygen atoms in total. The zero-order valence-electron chi connectivity index (χ0n) is 13.2. The van der Waals surface area contributed by atoms with Crippen molar-refractivity contribution in [3.05, 3.63) is 42.5 Å². The van der Waals surface area contributed by atoms with E-state index in [4.69, 9.17) is 0 Å². The van der Waals surface area contributed by atoms with Crippen LogP contribution >= 0.6 is 0 Å². The predicted octanol–water partition coefficient (Wildman–Crippen LogP) is 3.61. The first-order chi connectivity index (χ1) is 10.7. The van der Waals surface area contributed by atoms with Gasteiger partial charge in [-0.1, -0.05) is 26.3 Å². The largest absolute Gasteiger partial charge is 0.336 e. The van der Waals surface area contributed by atoms with Crippen molar-refractivity contribution < 1.29 is 9.59 Å². The van der Waals surface area contributed by atoms with Crippen molar-refractivity contribution in [3.63, 3.8) is 0 Å². The van der Waals surface area contributed by atoms with Crippen molar-refractivity contribution in [1.82, 2.24) is 4.90 Å². The number of nitrogens with zero attached hydrogens (tertiary/aromatic N) is 1. The first kappa shape index (κ1) is 16.3. The van der Waals surface area contributed by atoms with Gasteiger partial charge in [-0.2, -0.15) is 0 Å². The number of hydrogen-bond donors (Lipinski definition) is 1. The number of anilines is 1. The van der Waals surface area contributed by atoms with Gasteiger partial charge in [-0.25, -0.2) is 0 Å². The fraction of sp³-hybridized carbons (Fsp3) is 0.444. The topological polar surface area (TPSA) is 49.4 Å². The molecule has 1 atom stereocenters. The number of amides is 2. The van der Waals surface area contributed by atoms with Gasteiger partial charge in [-0.3, -0.25) is 9.59 Å². The van der Waals surface area contributed by atoms with E-state index in [0.29, 0.717) is 17.3 Å². The van der Waals surface area contributed by atoms with E-state index < -0.39 is 0 Å². The average molecular weight is 300 g/mol. The third kappa shape index (κ3) is 3.97. The molecule has 1 heterocycles. The SMILES string of the molecule is C=CC(=O)Nc1ccc(C(=O)N2CCCCCC2CC)cc1. The fourth-order valence-corrected chi connectivity index (χ4v) is 2.92. The quantitative estimate of drug-likeness (QED) is 0.864. The van der Waals surface area contributed by atoms with Gasteiger partial charge in [0.2, 0.25) is 5.91 Å². The molecule has 22 heavy (non-hydrogen) atoms. The smallest absolute Gasteiger partial charge is 0.254 e. The molecule has 4 heteroatoms. The van der Waals surface area contributed by atoms with Crippen molar-refractivity contribution in [3.8, 4) is 0 Å². The minimum atomic E-state index is -0.252. The van der Waals surface area contributed by atoms with E-state index in [1.165, 1.54) is 18.9 Å². The maximum Gasteiger partial charge on any atom is 0.254 e. The molecular formula is C18H24N2O2. The summed E-state index contributed by atoms with van der Waals surface area (Å²) in [5.41, 5.74) is 1.35. The van der Waals surface area contributed by atoms with Gasteiger partial charge >= 0.3 is 0 Å². The van der Waals surface area contributed by atoms with Gasteiger partial charge in [-0.05, 0) is 49.6 Å². The molecule has 2 rings (SSSR count). The van der Waals surface area contributed by atoms with Gasteiger partial charge < -0.3 is 10.2 Å². The number of benzene rings is 1. The lowest BCUT2D eigenvalue weighted by Gasteiger charge is -2.29. The minimum Gasteiger partial charge on any atom is -0.336 e. The molecule has 1 saturated heterocycles. The Labute approximate surface area is 132 Å². The summed E-state index contributed by atoms with van der Waals surface area (Å²) in [7, 11) is 0. The molecule has 1 aliphatic heterocycles. The summed E-state index contributed by atoms with van der Waals surface area (Å²) < 4.78 is 0. The molecule has 1 aliphatic rings. The Morgan fingerprint density at radius 2 is 2.00 bits per heavy atom. The van der Waals surface area contributed by atoms with Crippen LogP contribution < -0.4 is 5.32 Å². The highest BCUT2D eigenvalue weighted by molar-refractivity contribution is 5.99. The molecule has 1 aromatic rings. The predicted molar refractivity (Wildman–Crippen MR) is 88.9 cm³/mol. The molecular weight excluding hydrogens is 276 g/mol. The van der Waals surface area contributed by atoms with Crippen LogP contribution in [0.3, 0.4) is 0 Å². The van der Waals surface area contributed by atoms with E-state index in [9.17, 15) is 9.59 Å². The standard InChI is InChI=1S/C18H24N2O2/c1-3-16-8-6-5-7-13-20(16)18(22)14-9-11-15(12-10-14)19-17(21)4-2/h4,9-12,16H,2-3,5-8,13H2,1H3,(H,19,21). The summed E-state index contributed by atoms with van der Waals surface area (Å²) in [6.07, 6.45) is 6.80. The van der Waals surface area contributed by atoms with Crippen LogP contribution in [0.25, 0.3) is 0 Å². The van der Waals surface area contributed by atoms with Crippen LogP contribution in [0.4, 0.5) is 5.69 Å². The van der Waals surface area contributed by atoms with Crippen molar-refractivity contribution in [1.29, 1.82) is 0 Å². The van der Waals surface area contributed by atoms with Crippen molar-refractivity contribution in [2.24, 2.45) is 0 Å². The maximum absolute atomic E-state index is 12.7. The van der Waals surface area contributed by atoms with Gasteiger partial charge in [0, 0.05) is 23.8 Å². The summed E-state index contributed by atoms with van der Waals surface area (Å²) in [4.78, 5) is 26.0. The lowest BCUT2D eigenvalue weighted by molar-refractivity contribution is -0.111. The number of carbonyl (C=O) groups excluding carboxylic acids is 2. The third-order valence-electron chi connectivity index (χ3n) is 4.19. The Morgan fingerprint density at radius 1 is 1.27 bits per heavy atom. The first-order valence-electron chi connectivity index (χ1n) is 8.00. The van der Waals surface area contributed by atoms with Crippen LogP contribution in [0.2, 0.25) is 0 Å². The Balaban J connectivity index is 2.10. The van der Waals surface area contributed by atoms with Crippen LogP contribution in [-0.4, -0.2) is 29.3 Å². The highest BCUT2D eigenvalue weighted by Gasteiger charge is 2.24. The molecule has 1 aromatic carbocycles. The highest BCUT2D eigenvalue weighted by atomic mass is 16.2. The molecule has 0 radical (unpaired) electrons. The van der Waals surface area contributed by atoms with Gasteiger partial charge in [0.25, 0.3) is 5.91 Å². The summed E-state index contributed by atoms with van der Waals surface area (Å²) in [6, 6.07) is 7.41. The number of likely N-dealkylation sites (tertiary alicyclic amines) is 1. The van der Waals surface area contributed by atoms with Crippen molar-refractivity contribution in [2.45, 2.75) is 45.1 Å². The lowest BCUT2D eigenvalue weighted by atomic mass is 10.1. The molecule has 0 bridgehead atoms. The maximum atomic E-state index is 12.7. The van der Waals surface area contributed by atoms with Crippen LogP contribution in [-0.2, 0) is 4.79 Å². The second-order valence-corrected chi connectivity index (χ2v) is 5.68.